The first-order valence-corrected chi connectivity index (χ1v) is 7.43. The lowest BCUT2D eigenvalue weighted by Crippen LogP contribution is -1.87. The molecule has 106 valence electrons. The number of nitrogens with two attached hydrogens (primary N) is 1. The van der Waals surface area contributed by atoms with Gasteiger partial charge >= 0.3 is 0 Å². The number of anilines is 1. The highest BCUT2D eigenvalue weighted by Crippen LogP contribution is 2.29. The summed E-state index contributed by atoms with van der Waals surface area (Å²) in [6.07, 6.45) is 0. The van der Waals surface area contributed by atoms with Crippen LogP contribution in [0.5, 0.6) is 0 Å². The first kappa shape index (κ1) is 14.4. The zero-order chi connectivity index (χ0) is 15.0. The van der Waals surface area contributed by atoms with E-state index in [9.17, 15) is 0 Å². The maximum absolute atomic E-state index is 5.97. The van der Waals surface area contributed by atoms with Crippen molar-refractivity contribution in [1.82, 2.24) is 10.1 Å². The van der Waals surface area contributed by atoms with Gasteiger partial charge in [-0.15, -0.1) is 0 Å². The fraction of sp³-hybridized carbons (Fsp3) is 0. The van der Waals surface area contributed by atoms with Crippen molar-refractivity contribution in [3.63, 3.8) is 0 Å². The highest BCUT2D eigenvalue weighted by atomic mass is 79.9. The molecule has 0 saturated carbocycles. The van der Waals surface area contributed by atoms with Crippen molar-refractivity contribution in [3.8, 4) is 22.8 Å². The van der Waals surface area contributed by atoms with E-state index in [4.69, 9.17) is 33.5 Å². The van der Waals surface area contributed by atoms with Crippen molar-refractivity contribution in [2.45, 2.75) is 0 Å². The minimum atomic E-state index is 0.391. The fourth-order valence-corrected chi connectivity index (χ4v) is 2.71. The van der Waals surface area contributed by atoms with Crippen molar-refractivity contribution < 1.29 is 4.52 Å². The Hall–Kier alpha value is -1.56. The minimum Gasteiger partial charge on any atom is -0.398 e. The quantitative estimate of drug-likeness (QED) is 0.627. The predicted octanol–water partition coefficient (Wildman–Crippen LogP) is 5.06. The van der Waals surface area contributed by atoms with Crippen LogP contribution in [0.4, 0.5) is 5.69 Å². The van der Waals surface area contributed by atoms with E-state index < -0.39 is 0 Å². The van der Waals surface area contributed by atoms with Crippen molar-refractivity contribution in [1.29, 1.82) is 0 Å². The Morgan fingerprint density at radius 2 is 1.71 bits per heavy atom. The second kappa shape index (κ2) is 5.67. The first-order valence-electron chi connectivity index (χ1n) is 5.88. The highest BCUT2D eigenvalue weighted by molar-refractivity contribution is 9.10. The standard InChI is InChI=1S/C14H8BrCl2N3O/c15-11-5-7(1-2-12(11)18)14-19-13(20-21-14)8-3-9(16)6-10(17)4-8/h1-6H,18H2. The van der Waals surface area contributed by atoms with Gasteiger partial charge in [0.15, 0.2) is 0 Å². The second-order valence-electron chi connectivity index (χ2n) is 4.32. The highest BCUT2D eigenvalue weighted by Gasteiger charge is 2.12. The molecule has 0 amide bonds. The molecule has 3 rings (SSSR count). The molecule has 21 heavy (non-hydrogen) atoms. The Morgan fingerprint density at radius 3 is 2.38 bits per heavy atom. The van der Waals surface area contributed by atoms with Gasteiger partial charge in [0.25, 0.3) is 5.89 Å². The number of hydrogen-bond acceptors (Lipinski definition) is 4. The second-order valence-corrected chi connectivity index (χ2v) is 6.04. The van der Waals surface area contributed by atoms with E-state index in [2.05, 4.69) is 26.1 Å². The van der Waals surface area contributed by atoms with Gasteiger partial charge in [-0.2, -0.15) is 4.98 Å². The SMILES string of the molecule is Nc1ccc(-c2nc(-c3cc(Cl)cc(Cl)c3)no2)cc1Br. The monoisotopic (exact) mass is 383 g/mol. The normalized spacial score (nSPS) is 10.8. The topological polar surface area (TPSA) is 64.9 Å². The molecule has 0 spiro atoms. The van der Waals surface area contributed by atoms with Gasteiger partial charge in [0.2, 0.25) is 5.82 Å². The van der Waals surface area contributed by atoms with Crippen LogP contribution < -0.4 is 5.73 Å². The van der Waals surface area contributed by atoms with Gasteiger partial charge in [0.1, 0.15) is 0 Å². The van der Waals surface area contributed by atoms with Crippen LogP contribution in [-0.4, -0.2) is 10.1 Å². The Bertz CT molecular complexity index is 799. The van der Waals surface area contributed by atoms with Gasteiger partial charge in [-0.25, -0.2) is 0 Å². The van der Waals surface area contributed by atoms with Crippen LogP contribution in [0.1, 0.15) is 0 Å². The molecule has 0 unspecified atom stereocenters. The molecule has 0 radical (unpaired) electrons. The van der Waals surface area contributed by atoms with Gasteiger partial charge in [-0.3, -0.25) is 0 Å². The van der Waals surface area contributed by atoms with E-state index >= 15 is 0 Å². The Kier molecular flexibility index (Phi) is 3.89. The van der Waals surface area contributed by atoms with E-state index in [1.165, 1.54) is 0 Å². The summed E-state index contributed by atoms with van der Waals surface area (Å²) >= 11 is 15.3. The fourth-order valence-electron chi connectivity index (χ4n) is 1.80. The van der Waals surface area contributed by atoms with Gasteiger partial charge in [-0.05, 0) is 52.3 Å². The molecule has 0 aliphatic heterocycles. The molecule has 1 heterocycles. The molecule has 0 saturated heterocycles. The molecule has 0 bridgehead atoms. The number of hydrogen-bond donors (Lipinski definition) is 1. The molecule has 2 N–H and O–H groups in total. The van der Waals surface area contributed by atoms with E-state index in [0.717, 1.165) is 10.0 Å². The summed E-state index contributed by atoms with van der Waals surface area (Å²) < 4.78 is 6.04. The third-order valence-electron chi connectivity index (χ3n) is 2.79. The van der Waals surface area contributed by atoms with Crippen LogP contribution in [-0.2, 0) is 0 Å². The zero-order valence-electron chi connectivity index (χ0n) is 10.5. The van der Waals surface area contributed by atoms with Crippen molar-refractivity contribution >= 4 is 44.8 Å². The largest absolute Gasteiger partial charge is 0.398 e. The lowest BCUT2D eigenvalue weighted by molar-refractivity contribution is 0.432. The summed E-state index contributed by atoms with van der Waals surface area (Å²) in [5.74, 6) is 0.809. The third-order valence-corrected chi connectivity index (χ3v) is 3.92. The third kappa shape index (κ3) is 3.05. The van der Waals surface area contributed by atoms with Crippen LogP contribution in [0, 0.1) is 0 Å². The lowest BCUT2D eigenvalue weighted by Gasteiger charge is -1.99. The number of benzene rings is 2. The molecule has 1 aromatic heterocycles. The summed E-state index contributed by atoms with van der Waals surface area (Å²) in [6.45, 7) is 0. The average Bonchev–Trinajstić information content (AvgIpc) is 2.90. The molecule has 0 fully saturated rings. The van der Waals surface area contributed by atoms with Crippen LogP contribution in [0.15, 0.2) is 45.4 Å². The lowest BCUT2D eigenvalue weighted by atomic mass is 10.2. The zero-order valence-corrected chi connectivity index (χ0v) is 13.6. The smallest absolute Gasteiger partial charge is 0.258 e. The summed E-state index contributed by atoms with van der Waals surface area (Å²) in [5.41, 5.74) is 7.85. The summed E-state index contributed by atoms with van der Waals surface area (Å²) in [4.78, 5) is 4.35. The van der Waals surface area contributed by atoms with Gasteiger partial charge in [0.05, 0.1) is 0 Å². The Labute approximate surface area is 139 Å². The van der Waals surface area contributed by atoms with Crippen LogP contribution in [0.3, 0.4) is 0 Å². The van der Waals surface area contributed by atoms with Crippen molar-refractivity contribution in [3.05, 3.63) is 50.9 Å². The molecule has 0 aliphatic carbocycles. The molecule has 0 atom stereocenters. The summed E-state index contributed by atoms with van der Waals surface area (Å²) in [5, 5.41) is 4.97. The number of aromatic nitrogens is 2. The molecular weight excluding hydrogens is 377 g/mol. The molecule has 0 aliphatic rings. The van der Waals surface area contributed by atoms with Crippen LogP contribution in [0.25, 0.3) is 22.8 Å². The number of rotatable bonds is 2. The maximum Gasteiger partial charge on any atom is 0.258 e. The van der Waals surface area contributed by atoms with E-state index in [-0.39, 0.29) is 0 Å². The van der Waals surface area contributed by atoms with E-state index in [0.29, 0.717) is 33.0 Å². The number of nitrogen functional groups attached to an aromatic ring is 1. The minimum absolute atomic E-state index is 0.391. The maximum atomic E-state index is 5.97. The number of nitrogens with zero attached hydrogens (tertiary/aromatic N) is 2. The van der Waals surface area contributed by atoms with E-state index in [1.54, 1.807) is 24.3 Å². The van der Waals surface area contributed by atoms with Crippen molar-refractivity contribution in [2.24, 2.45) is 0 Å². The molecule has 4 nitrogen and oxygen atoms in total. The molecule has 3 aromatic rings. The van der Waals surface area contributed by atoms with E-state index in [1.807, 2.05) is 12.1 Å². The van der Waals surface area contributed by atoms with Crippen LogP contribution in [0.2, 0.25) is 10.0 Å². The van der Waals surface area contributed by atoms with Crippen molar-refractivity contribution in [2.75, 3.05) is 5.73 Å². The van der Waals surface area contributed by atoms with Crippen LogP contribution >= 0.6 is 39.1 Å². The number of halogens is 3. The van der Waals surface area contributed by atoms with Gasteiger partial charge in [-0.1, -0.05) is 28.4 Å². The predicted molar refractivity (Wildman–Crippen MR) is 87.3 cm³/mol. The first-order chi connectivity index (χ1) is 10.0. The average molecular weight is 385 g/mol. The molecular formula is C14H8BrCl2N3O. The summed E-state index contributed by atoms with van der Waals surface area (Å²) in [7, 11) is 0. The summed E-state index contributed by atoms with van der Waals surface area (Å²) in [6, 6.07) is 10.5. The van der Waals surface area contributed by atoms with Gasteiger partial charge < -0.3 is 10.3 Å². The molecule has 2 aromatic carbocycles. The Balaban J connectivity index is 2.01. The van der Waals surface area contributed by atoms with Gasteiger partial charge in [0, 0.05) is 31.3 Å². The Morgan fingerprint density at radius 1 is 1.00 bits per heavy atom. The molecule has 7 heteroatoms.